The minimum Gasteiger partial charge on any atom is -0.409 e. The summed E-state index contributed by atoms with van der Waals surface area (Å²) in [5.74, 6) is 0.264. The van der Waals surface area contributed by atoms with Crippen LogP contribution in [0.4, 0.5) is 5.69 Å². The Balaban J connectivity index is 2.38. The Morgan fingerprint density at radius 1 is 1.44 bits per heavy atom. The number of hydrogen-bond donors (Lipinski definition) is 3. The molecule has 0 aliphatic heterocycles. The first-order chi connectivity index (χ1) is 8.47. The third-order valence-electron chi connectivity index (χ3n) is 2.97. The van der Waals surface area contributed by atoms with E-state index in [9.17, 15) is 0 Å². The van der Waals surface area contributed by atoms with Crippen molar-refractivity contribution in [1.29, 1.82) is 0 Å². The lowest BCUT2D eigenvalue weighted by molar-refractivity contribution is 0.305. The van der Waals surface area contributed by atoms with Gasteiger partial charge in [-0.2, -0.15) is 0 Å². The number of halogens is 1. The smallest absolute Gasteiger partial charge is 0.144 e. The summed E-state index contributed by atoms with van der Waals surface area (Å²) in [6.07, 6.45) is 1.74. The molecule has 0 unspecified atom stereocenters. The van der Waals surface area contributed by atoms with Crippen LogP contribution in [0.5, 0.6) is 0 Å². The van der Waals surface area contributed by atoms with E-state index in [-0.39, 0.29) is 11.3 Å². The molecule has 0 aliphatic rings. The summed E-state index contributed by atoms with van der Waals surface area (Å²) in [6.45, 7) is 4.71. The number of amidine groups is 1. The van der Waals surface area contributed by atoms with Gasteiger partial charge >= 0.3 is 0 Å². The van der Waals surface area contributed by atoms with Crippen LogP contribution >= 0.6 is 11.6 Å². The average molecular weight is 270 g/mol. The molecule has 0 saturated heterocycles. The summed E-state index contributed by atoms with van der Waals surface area (Å²) < 4.78 is 0. The number of benzene rings is 1. The maximum absolute atomic E-state index is 8.67. The van der Waals surface area contributed by atoms with E-state index in [1.807, 2.05) is 38.1 Å². The molecule has 0 amide bonds. The Labute approximate surface area is 113 Å². The van der Waals surface area contributed by atoms with E-state index in [1.165, 1.54) is 0 Å². The fraction of sp³-hybridized carbons (Fsp3) is 0.462. The number of para-hydroxylation sites is 1. The molecule has 1 aromatic carbocycles. The normalized spacial score (nSPS) is 12.5. The van der Waals surface area contributed by atoms with Crippen molar-refractivity contribution in [3.8, 4) is 0 Å². The van der Waals surface area contributed by atoms with Crippen LogP contribution in [0.1, 0.15) is 26.7 Å². The van der Waals surface area contributed by atoms with Crippen molar-refractivity contribution in [2.45, 2.75) is 26.7 Å². The van der Waals surface area contributed by atoms with Crippen molar-refractivity contribution >= 4 is 23.1 Å². The molecule has 4 nitrogen and oxygen atoms in total. The van der Waals surface area contributed by atoms with Crippen LogP contribution in [-0.4, -0.2) is 17.6 Å². The van der Waals surface area contributed by atoms with Gasteiger partial charge in [-0.15, -0.1) is 0 Å². The van der Waals surface area contributed by atoms with Gasteiger partial charge in [-0.25, -0.2) is 0 Å². The standard InChI is InChI=1S/C13H20ClN3O/c1-13(2,12(15)17-18)8-5-9-16-11-7-4-3-6-10(11)14/h3-4,6-7,16,18H,5,8-9H2,1-2H3,(H2,15,17). The molecule has 0 aromatic heterocycles. The van der Waals surface area contributed by atoms with E-state index in [4.69, 9.17) is 22.5 Å². The molecule has 1 rings (SSSR count). The van der Waals surface area contributed by atoms with E-state index >= 15 is 0 Å². The van der Waals surface area contributed by atoms with Gasteiger partial charge in [0.15, 0.2) is 0 Å². The third kappa shape index (κ3) is 4.11. The highest BCUT2D eigenvalue weighted by molar-refractivity contribution is 6.33. The highest BCUT2D eigenvalue weighted by Crippen LogP contribution is 2.24. The van der Waals surface area contributed by atoms with Crippen LogP contribution in [0.25, 0.3) is 0 Å². The van der Waals surface area contributed by atoms with Crippen molar-refractivity contribution in [1.82, 2.24) is 0 Å². The first-order valence-corrected chi connectivity index (χ1v) is 6.31. The summed E-state index contributed by atoms with van der Waals surface area (Å²) in [4.78, 5) is 0. The second-order valence-electron chi connectivity index (χ2n) is 4.88. The fourth-order valence-corrected chi connectivity index (χ4v) is 1.82. The first-order valence-electron chi connectivity index (χ1n) is 5.94. The monoisotopic (exact) mass is 269 g/mol. The summed E-state index contributed by atoms with van der Waals surface area (Å²) in [7, 11) is 0. The number of nitrogens with two attached hydrogens (primary N) is 1. The van der Waals surface area contributed by atoms with Gasteiger partial charge < -0.3 is 16.3 Å². The first kappa shape index (κ1) is 14.6. The van der Waals surface area contributed by atoms with Crippen LogP contribution in [0.15, 0.2) is 29.4 Å². The highest BCUT2D eigenvalue weighted by Gasteiger charge is 2.22. The van der Waals surface area contributed by atoms with Gasteiger partial charge in [0.05, 0.1) is 10.7 Å². The maximum atomic E-state index is 8.67. The van der Waals surface area contributed by atoms with Gasteiger partial charge in [0, 0.05) is 12.0 Å². The van der Waals surface area contributed by atoms with E-state index in [1.54, 1.807) is 0 Å². The molecule has 18 heavy (non-hydrogen) atoms. The zero-order valence-corrected chi connectivity index (χ0v) is 11.5. The summed E-state index contributed by atoms with van der Waals surface area (Å²) in [6, 6.07) is 7.63. The molecule has 0 spiro atoms. The molecule has 0 saturated carbocycles. The number of rotatable bonds is 6. The van der Waals surface area contributed by atoms with E-state index < -0.39 is 0 Å². The Morgan fingerprint density at radius 2 is 2.11 bits per heavy atom. The van der Waals surface area contributed by atoms with Crippen molar-refractivity contribution in [2.24, 2.45) is 16.3 Å². The van der Waals surface area contributed by atoms with Crippen molar-refractivity contribution in [3.05, 3.63) is 29.3 Å². The number of oxime groups is 1. The van der Waals surface area contributed by atoms with Crippen molar-refractivity contribution < 1.29 is 5.21 Å². The molecule has 0 atom stereocenters. The lowest BCUT2D eigenvalue weighted by Gasteiger charge is -2.22. The quantitative estimate of drug-likeness (QED) is 0.244. The van der Waals surface area contributed by atoms with E-state index in [2.05, 4.69) is 10.5 Å². The zero-order valence-electron chi connectivity index (χ0n) is 10.8. The molecule has 0 heterocycles. The van der Waals surface area contributed by atoms with Crippen LogP contribution in [-0.2, 0) is 0 Å². The Kier molecular flexibility index (Phi) is 5.28. The lowest BCUT2D eigenvalue weighted by Crippen LogP contribution is -2.32. The lowest BCUT2D eigenvalue weighted by atomic mass is 9.86. The van der Waals surface area contributed by atoms with E-state index in [0.29, 0.717) is 5.02 Å². The molecule has 0 fully saturated rings. The summed E-state index contributed by atoms with van der Waals surface area (Å²) in [5, 5.41) is 15.7. The minimum atomic E-state index is -0.295. The molecule has 0 radical (unpaired) electrons. The summed E-state index contributed by atoms with van der Waals surface area (Å²) >= 11 is 6.03. The highest BCUT2D eigenvalue weighted by atomic mass is 35.5. The van der Waals surface area contributed by atoms with Crippen LogP contribution < -0.4 is 11.1 Å². The third-order valence-corrected chi connectivity index (χ3v) is 3.30. The van der Waals surface area contributed by atoms with Crippen LogP contribution in [0.2, 0.25) is 5.02 Å². The predicted octanol–water partition coefficient (Wildman–Crippen LogP) is 3.30. The molecular formula is C13H20ClN3O. The van der Waals surface area contributed by atoms with Gasteiger partial charge in [-0.05, 0) is 25.0 Å². The van der Waals surface area contributed by atoms with Crippen LogP contribution in [0.3, 0.4) is 0 Å². The van der Waals surface area contributed by atoms with Gasteiger partial charge in [-0.1, -0.05) is 42.7 Å². The minimum absolute atomic E-state index is 0.264. The molecule has 1 aromatic rings. The Hall–Kier alpha value is -1.42. The number of hydrogen-bond acceptors (Lipinski definition) is 3. The molecule has 100 valence electrons. The molecular weight excluding hydrogens is 250 g/mol. The number of nitrogens with one attached hydrogen (secondary N) is 1. The second kappa shape index (κ2) is 6.50. The largest absolute Gasteiger partial charge is 0.409 e. The molecule has 0 bridgehead atoms. The van der Waals surface area contributed by atoms with Gasteiger partial charge in [0.2, 0.25) is 0 Å². The second-order valence-corrected chi connectivity index (χ2v) is 5.29. The van der Waals surface area contributed by atoms with Gasteiger partial charge in [0.1, 0.15) is 5.84 Å². The Bertz CT molecular complexity index is 418. The van der Waals surface area contributed by atoms with Crippen molar-refractivity contribution in [3.63, 3.8) is 0 Å². The molecule has 0 aliphatic carbocycles. The Morgan fingerprint density at radius 3 is 2.72 bits per heavy atom. The maximum Gasteiger partial charge on any atom is 0.144 e. The van der Waals surface area contributed by atoms with E-state index in [0.717, 1.165) is 25.1 Å². The molecule has 4 N–H and O–H groups in total. The molecule has 5 heteroatoms. The number of anilines is 1. The topological polar surface area (TPSA) is 70.6 Å². The average Bonchev–Trinajstić information content (AvgIpc) is 2.35. The summed E-state index contributed by atoms with van der Waals surface area (Å²) in [5.41, 5.74) is 6.26. The number of nitrogens with zero attached hydrogens (tertiary/aromatic N) is 1. The zero-order chi connectivity index (χ0) is 13.6. The van der Waals surface area contributed by atoms with Gasteiger partial charge in [-0.3, -0.25) is 0 Å². The van der Waals surface area contributed by atoms with Gasteiger partial charge in [0.25, 0.3) is 0 Å². The SMILES string of the molecule is CC(C)(CCCNc1ccccc1Cl)C(N)=NO. The van der Waals surface area contributed by atoms with Crippen LogP contribution in [0, 0.1) is 5.41 Å². The predicted molar refractivity (Wildman–Crippen MR) is 76.4 cm³/mol. The van der Waals surface area contributed by atoms with Crippen molar-refractivity contribution in [2.75, 3.05) is 11.9 Å². The fourth-order valence-electron chi connectivity index (χ4n) is 1.62.